The highest BCUT2D eigenvalue weighted by atomic mass is 19.1. The Kier molecular flexibility index (Phi) is 5.19. The average molecular weight is 320 g/mol. The minimum atomic E-state index is -0.409. The van der Waals surface area contributed by atoms with Crippen LogP contribution in [0, 0.1) is 11.7 Å². The summed E-state index contributed by atoms with van der Waals surface area (Å²) in [5.41, 5.74) is 1.61. The van der Waals surface area contributed by atoms with E-state index in [0.29, 0.717) is 18.0 Å². The number of halogens is 1. The van der Waals surface area contributed by atoms with Crippen molar-refractivity contribution in [2.45, 2.75) is 25.5 Å². The van der Waals surface area contributed by atoms with Crippen LogP contribution in [0.1, 0.15) is 30.1 Å². The van der Waals surface area contributed by atoms with E-state index in [1.54, 1.807) is 18.5 Å². The van der Waals surface area contributed by atoms with Crippen molar-refractivity contribution < 1.29 is 13.9 Å². The number of aromatic amines is 1. The summed E-state index contributed by atoms with van der Waals surface area (Å²) in [5.74, 6) is -0.0384. The van der Waals surface area contributed by atoms with Crippen molar-refractivity contribution in [3.05, 3.63) is 41.6 Å². The minimum Gasteiger partial charge on any atom is -0.479 e. The lowest BCUT2D eigenvalue weighted by molar-refractivity contribution is -0.0278. The number of ether oxygens (including phenoxy) is 2. The number of hydrogen-bond acceptors (Lipinski definition) is 5. The summed E-state index contributed by atoms with van der Waals surface area (Å²) in [7, 11) is 1.41. The molecule has 7 heteroatoms. The first-order chi connectivity index (χ1) is 11.3. The van der Waals surface area contributed by atoms with E-state index in [9.17, 15) is 4.39 Å². The van der Waals surface area contributed by atoms with Crippen molar-refractivity contribution in [1.29, 1.82) is 0 Å². The molecule has 0 saturated carbocycles. The molecule has 0 unspecified atom stereocenters. The highest BCUT2D eigenvalue weighted by Crippen LogP contribution is 2.32. The number of aromatic nitrogens is 3. The molecule has 1 fully saturated rings. The van der Waals surface area contributed by atoms with Crippen molar-refractivity contribution in [1.82, 2.24) is 20.5 Å². The number of rotatable bonds is 6. The SMILES string of the molecule is COc1nccc(CNC[C@@H]2CCCO[C@H]2c2cn[nH]c2)c1F. The van der Waals surface area contributed by atoms with Crippen LogP contribution in [-0.4, -0.2) is 35.4 Å². The van der Waals surface area contributed by atoms with Crippen LogP contribution >= 0.6 is 0 Å². The van der Waals surface area contributed by atoms with Gasteiger partial charge in [0.25, 0.3) is 0 Å². The zero-order valence-corrected chi connectivity index (χ0v) is 13.1. The lowest BCUT2D eigenvalue weighted by Gasteiger charge is -2.31. The highest BCUT2D eigenvalue weighted by Gasteiger charge is 2.27. The maximum absolute atomic E-state index is 14.1. The van der Waals surface area contributed by atoms with Crippen LogP contribution < -0.4 is 10.1 Å². The summed E-state index contributed by atoms with van der Waals surface area (Å²) in [4.78, 5) is 3.85. The van der Waals surface area contributed by atoms with Crippen molar-refractivity contribution in [3.8, 4) is 5.88 Å². The highest BCUT2D eigenvalue weighted by molar-refractivity contribution is 5.23. The zero-order chi connectivity index (χ0) is 16.1. The van der Waals surface area contributed by atoms with Gasteiger partial charge in [0.15, 0.2) is 5.82 Å². The van der Waals surface area contributed by atoms with E-state index in [1.807, 2.05) is 6.20 Å². The quantitative estimate of drug-likeness (QED) is 0.854. The fraction of sp³-hybridized carbons (Fsp3) is 0.500. The predicted molar refractivity (Wildman–Crippen MR) is 82.5 cm³/mol. The van der Waals surface area contributed by atoms with Crippen LogP contribution in [0.3, 0.4) is 0 Å². The molecule has 1 saturated heterocycles. The van der Waals surface area contributed by atoms with Crippen LogP contribution in [0.15, 0.2) is 24.7 Å². The number of nitrogens with one attached hydrogen (secondary N) is 2. The topological polar surface area (TPSA) is 72.1 Å². The maximum Gasteiger partial charge on any atom is 0.250 e. The summed E-state index contributed by atoms with van der Waals surface area (Å²) < 4.78 is 24.9. The average Bonchev–Trinajstić information content (AvgIpc) is 3.11. The lowest BCUT2D eigenvalue weighted by atomic mass is 9.91. The van der Waals surface area contributed by atoms with E-state index in [-0.39, 0.29) is 12.0 Å². The van der Waals surface area contributed by atoms with Crippen molar-refractivity contribution >= 4 is 0 Å². The monoisotopic (exact) mass is 320 g/mol. The zero-order valence-electron chi connectivity index (χ0n) is 13.1. The van der Waals surface area contributed by atoms with Crippen molar-refractivity contribution in [3.63, 3.8) is 0 Å². The summed E-state index contributed by atoms with van der Waals surface area (Å²) in [6.45, 7) is 1.95. The largest absolute Gasteiger partial charge is 0.479 e. The third-order valence-corrected chi connectivity index (χ3v) is 4.15. The third-order valence-electron chi connectivity index (χ3n) is 4.15. The van der Waals surface area contributed by atoms with Gasteiger partial charge in [0.05, 0.1) is 19.4 Å². The number of methoxy groups -OCH3 is 1. The van der Waals surface area contributed by atoms with E-state index in [1.165, 1.54) is 7.11 Å². The van der Waals surface area contributed by atoms with Gasteiger partial charge in [-0.25, -0.2) is 9.37 Å². The molecule has 2 aromatic heterocycles. The van der Waals surface area contributed by atoms with Gasteiger partial charge in [-0.3, -0.25) is 5.10 Å². The van der Waals surface area contributed by atoms with Gasteiger partial charge >= 0.3 is 0 Å². The number of nitrogens with zero attached hydrogens (tertiary/aromatic N) is 2. The molecule has 23 heavy (non-hydrogen) atoms. The molecule has 6 nitrogen and oxygen atoms in total. The normalized spacial score (nSPS) is 21.3. The number of H-pyrrole nitrogens is 1. The van der Waals surface area contributed by atoms with E-state index >= 15 is 0 Å². The van der Waals surface area contributed by atoms with Gasteiger partial charge in [-0.15, -0.1) is 0 Å². The van der Waals surface area contributed by atoms with E-state index < -0.39 is 5.82 Å². The van der Waals surface area contributed by atoms with Gasteiger partial charge in [0.2, 0.25) is 5.88 Å². The Labute approximate surface area is 134 Å². The molecule has 0 aromatic carbocycles. The first-order valence-electron chi connectivity index (χ1n) is 7.78. The molecule has 2 N–H and O–H groups in total. The second kappa shape index (κ2) is 7.52. The molecule has 3 heterocycles. The number of pyridine rings is 1. The maximum atomic E-state index is 14.1. The van der Waals surface area contributed by atoms with Crippen LogP contribution in [0.2, 0.25) is 0 Å². The van der Waals surface area contributed by atoms with Crippen LogP contribution in [0.5, 0.6) is 5.88 Å². The fourth-order valence-electron chi connectivity index (χ4n) is 2.97. The van der Waals surface area contributed by atoms with Gasteiger partial charge in [-0.05, 0) is 18.9 Å². The van der Waals surface area contributed by atoms with Gasteiger partial charge in [-0.2, -0.15) is 5.10 Å². The molecule has 2 aromatic rings. The summed E-state index contributed by atoms with van der Waals surface area (Å²) in [6.07, 6.45) is 7.37. The Morgan fingerprint density at radius 2 is 2.43 bits per heavy atom. The van der Waals surface area contributed by atoms with Gasteiger partial charge in [0.1, 0.15) is 0 Å². The van der Waals surface area contributed by atoms with Crippen molar-refractivity contribution in [2.75, 3.05) is 20.3 Å². The molecule has 0 amide bonds. The van der Waals surface area contributed by atoms with Crippen LogP contribution in [-0.2, 0) is 11.3 Å². The first kappa shape index (κ1) is 15.9. The van der Waals surface area contributed by atoms with E-state index in [4.69, 9.17) is 9.47 Å². The van der Waals surface area contributed by atoms with Crippen molar-refractivity contribution in [2.24, 2.45) is 5.92 Å². The number of hydrogen-bond donors (Lipinski definition) is 2. The Balaban J connectivity index is 1.59. The van der Waals surface area contributed by atoms with E-state index in [2.05, 4.69) is 20.5 Å². The second-order valence-corrected chi connectivity index (χ2v) is 5.65. The molecule has 0 aliphatic carbocycles. The molecule has 124 valence electrons. The van der Waals surface area contributed by atoms with E-state index in [0.717, 1.165) is 31.6 Å². The standard InChI is InChI=1S/C16H21FN4O2/c1-22-16-14(17)11(4-5-19-16)7-18-8-12-3-2-6-23-15(12)13-9-20-21-10-13/h4-5,9-10,12,15,18H,2-3,6-8H2,1H3,(H,20,21)/t12-,15+/m0/s1. The van der Waals surface area contributed by atoms with Gasteiger partial charge in [-0.1, -0.05) is 0 Å². The summed E-state index contributed by atoms with van der Waals surface area (Å²) in [6, 6.07) is 1.66. The third kappa shape index (κ3) is 3.68. The fourth-order valence-corrected chi connectivity index (χ4v) is 2.97. The van der Waals surface area contributed by atoms with Gasteiger partial charge < -0.3 is 14.8 Å². The molecular formula is C16H21FN4O2. The molecule has 2 atom stereocenters. The molecule has 1 aliphatic heterocycles. The Morgan fingerprint density at radius 1 is 1.52 bits per heavy atom. The Hall–Kier alpha value is -1.99. The van der Waals surface area contributed by atoms with Crippen LogP contribution in [0.25, 0.3) is 0 Å². The smallest absolute Gasteiger partial charge is 0.250 e. The predicted octanol–water partition coefficient (Wildman–Crippen LogP) is 2.21. The summed E-state index contributed by atoms with van der Waals surface area (Å²) in [5, 5.41) is 10.1. The van der Waals surface area contributed by atoms with Crippen LogP contribution in [0.4, 0.5) is 4.39 Å². The lowest BCUT2D eigenvalue weighted by Crippen LogP contribution is -2.31. The second-order valence-electron chi connectivity index (χ2n) is 5.65. The molecule has 0 spiro atoms. The minimum absolute atomic E-state index is 0.0292. The first-order valence-corrected chi connectivity index (χ1v) is 7.78. The Bertz CT molecular complexity index is 621. The molecule has 0 radical (unpaired) electrons. The van der Waals surface area contributed by atoms with Gasteiger partial charge in [0, 0.05) is 49.1 Å². The molecule has 0 bridgehead atoms. The molecule has 1 aliphatic rings. The molecular weight excluding hydrogens is 299 g/mol. The molecule has 3 rings (SSSR count). The Morgan fingerprint density at radius 3 is 3.22 bits per heavy atom. The summed E-state index contributed by atoms with van der Waals surface area (Å²) >= 11 is 0.